The minimum Gasteiger partial charge on any atom is -0.504 e. The van der Waals surface area contributed by atoms with E-state index in [1.807, 2.05) is 49.4 Å². The number of nitrogens with zero attached hydrogens (tertiary/aromatic N) is 1. The van der Waals surface area contributed by atoms with Crippen LogP contribution in [0.5, 0.6) is 11.5 Å². The number of imide groups is 1. The molecule has 0 atom stereocenters. The number of carbonyl (C=O) groups is 2. The van der Waals surface area contributed by atoms with E-state index in [1.165, 1.54) is 11.0 Å². The minimum atomic E-state index is -0.367. The molecule has 6 heteroatoms. The number of benzene rings is 3. The molecule has 0 unspecified atom stereocenters. The number of aromatic hydroxyl groups is 1. The van der Waals surface area contributed by atoms with Crippen molar-refractivity contribution >= 4 is 39.8 Å². The molecule has 4 rings (SSSR count). The van der Waals surface area contributed by atoms with Crippen molar-refractivity contribution in [1.82, 2.24) is 4.90 Å². The fourth-order valence-electron chi connectivity index (χ4n) is 3.31. The third-order valence-electron chi connectivity index (χ3n) is 4.70. The van der Waals surface area contributed by atoms with Crippen LogP contribution < -0.4 is 4.74 Å². The summed E-state index contributed by atoms with van der Waals surface area (Å²) in [5.41, 5.74) is 1.35. The molecule has 29 heavy (non-hydrogen) atoms. The summed E-state index contributed by atoms with van der Waals surface area (Å²) in [7, 11) is 0. The van der Waals surface area contributed by atoms with Crippen LogP contribution in [-0.2, 0) is 11.3 Å². The third-order valence-corrected chi connectivity index (χ3v) is 5.61. The number of ether oxygens (including phenoxy) is 1. The Hall–Kier alpha value is -3.25. The highest BCUT2D eigenvalue weighted by Gasteiger charge is 2.35. The van der Waals surface area contributed by atoms with Crippen molar-refractivity contribution in [2.75, 3.05) is 6.61 Å². The van der Waals surface area contributed by atoms with Gasteiger partial charge in [0.05, 0.1) is 18.1 Å². The van der Waals surface area contributed by atoms with E-state index < -0.39 is 0 Å². The van der Waals surface area contributed by atoms with Crippen LogP contribution in [0.25, 0.3) is 16.8 Å². The largest absolute Gasteiger partial charge is 0.504 e. The van der Waals surface area contributed by atoms with Gasteiger partial charge in [-0.15, -0.1) is 0 Å². The number of thioether (sulfide) groups is 1. The van der Waals surface area contributed by atoms with Crippen LogP contribution in [0.1, 0.15) is 18.1 Å². The highest BCUT2D eigenvalue weighted by Crippen LogP contribution is 2.37. The van der Waals surface area contributed by atoms with Crippen molar-refractivity contribution in [1.29, 1.82) is 0 Å². The molecule has 0 spiro atoms. The second kappa shape index (κ2) is 8.01. The number of amides is 2. The zero-order chi connectivity index (χ0) is 20.4. The molecule has 0 saturated carbocycles. The molecule has 5 nitrogen and oxygen atoms in total. The number of hydrogen-bond donors (Lipinski definition) is 1. The zero-order valence-corrected chi connectivity index (χ0v) is 16.6. The molecule has 0 aliphatic carbocycles. The lowest BCUT2D eigenvalue weighted by molar-refractivity contribution is -0.123. The summed E-state index contributed by atoms with van der Waals surface area (Å²) < 4.78 is 5.38. The lowest BCUT2D eigenvalue weighted by atomic mass is 10.0. The van der Waals surface area contributed by atoms with Gasteiger partial charge >= 0.3 is 0 Å². The molecule has 1 saturated heterocycles. The molecular weight excluding hydrogens is 386 g/mol. The van der Waals surface area contributed by atoms with Gasteiger partial charge in [0.2, 0.25) is 0 Å². The van der Waals surface area contributed by atoms with Crippen LogP contribution in [0.4, 0.5) is 4.79 Å². The number of hydrogen-bond acceptors (Lipinski definition) is 5. The molecule has 146 valence electrons. The monoisotopic (exact) mass is 405 g/mol. The average molecular weight is 405 g/mol. The smallest absolute Gasteiger partial charge is 0.293 e. The maximum atomic E-state index is 12.9. The highest BCUT2D eigenvalue weighted by molar-refractivity contribution is 8.18. The topological polar surface area (TPSA) is 66.8 Å². The van der Waals surface area contributed by atoms with Crippen molar-refractivity contribution in [3.05, 3.63) is 76.7 Å². The SMILES string of the molecule is CCOc1cccc(/C=C2/SC(=O)N(Cc3cccc4ccccc34)C2=O)c1O. The number of fused-ring (bicyclic) bond motifs is 1. The van der Waals surface area contributed by atoms with E-state index in [0.717, 1.165) is 28.1 Å². The standard InChI is InChI=1S/C23H19NO4S/c1-2-28-19-12-6-9-16(21(19)25)13-20-22(26)24(23(27)29-20)14-17-10-5-8-15-7-3-4-11-18(15)17/h3-13,25H,2,14H2,1H3/b20-13+. The summed E-state index contributed by atoms with van der Waals surface area (Å²) in [6, 6.07) is 18.8. The molecule has 0 radical (unpaired) electrons. The summed E-state index contributed by atoms with van der Waals surface area (Å²) >= 11 is 0.876. The fourth-order valence-corrected chi connectivity index (χ4v) is 4.14. The lowest BCUT2D eigenvalue weighted by Crippen LogP contribution is -2.27. The van der Waals surface area contributed by atoms with Crippen molar-refractivity contribution in [3.8, 4) is 11.5 Å². The molecule has 0 aromatic heterocycles. The van der Waals surface area contributed by atoms with Crippen molar-refractivity contribution in [2.24, 2.45) is 0 Å². The lowest BCUT2D eigenvalue weighted by Gasteiger charge is -2.14. The maximum absolute atomic E-state index is 12.9. The molecular formula is C23H19NO4S. The van der Waals surface area contributed by atoms with Crippen LogP contribution in [0.2, 0.25) is 0 Å². The van der Waals surface area contributed by atoms with E-state index in [0.29, 0.717) is 17.9 Å². The Morgan fingerprint density at radius 2 is 1.79 bits per heavy atom. The Morgan fingerprint density at radius 1 is 1.03 bits per heavy atom. The van der Waals surface area contributed by atoms with Crippen molar-refractivity contribution in [3.63, 3.8) is 0 Å². The third kappa shape index (κ3) is 3.71. The number of rotatable bonds is 5. The number of phenols is 1. The summed E-state index contributed by atoms with van der Waals surface area (Å²) in [6.45, 7) is 2.44. The second-order valence-electron chi connectivity index (χ2n) is 6.53. The summed E-state index contributed by atoms with van der Waals surface area (Å²) in [5.74, 6) is -0.0689. The summed E-state index contributed by atoms with van der Waals surface area (Å²) in [6.07, 6.45) is 1.53. The van der Waals surface area contributed by atoms with Gasteiger partial charge in [0.15, 0.2) is 11.5 Å². The van der Waals surface area contributed by atoms with E-state index in [2.05, 4.69) is 0 Å². The predicted octanol–water partition coefficient (Wildman–Crippen LogP) is 5.18. The Morgan fingerprint density at radius 3 is 2.62 bits per heavy atom. The van der Waals surface area contributed by atoms with Crippen LogP contribution in [0.3, 0.4) is 0 Å². The quantitative estimate of drug-likeness (QED) is 0.593. The first-order valence-corrected chi connectivity index (χ1v) is 10.1. The first-order chi connectivity index (χ1) is 14.1. The Labute approximate surface area is 172 Å². The Bertz CT molecular complexity index is 1130. The van der Waals surface area contributed by atoms with Crippen LogP contribution in [0.15, 0.2) is 65.6 Å². The summed E-state index contributed by atoms with van der Waals surface area (Å²) in [4.78, 5) is 26.9. The van der Waals surface area contributed by atoms with Crippen LogP contribution in [-0.4, -0.2) is 27.8 Å². The van der Waals surface area contributed by atoms with Gasteiger partial charge in [-0.3, -0.25) is 14.5 Å². The molecule has 1 N–H and O–H groups in total. The first kappa shape index (κ1) is 19.1. The van der Waals surface area contributed by atoms with Crippen LogP contribution >= 0.6 is 11.8 Å². The van der Waals surface area contributed by atoms with Gasteiger partial charge in [-0.1, -0.05) is 54.6 Å². The van der Waals surface area contributed by atoms with Gasteiger partial charge in [0, 0.05) is 5.56 Å². The molecule has 3 aromatic carbocycles. The maximum Gasteiger partial charge on any atom is 0.293 e. The van der Waals surface area contributed by atoms with Crippen molar-refractivity contribution in [2.45, 2.75) is 13.5 Å². The van der Waals surface area contributed by atoms with Gasteiger partial charge in [-0.2, -0.15) is 0 Å². The molecule has 1 heterocycles. The van der Waals surface area contributed by atoms with Crippen molar-refractivity contribution < 1.29 is 19.4 Å². The molecule has 0 bridgehead atoms. The number of phenolic OH excluding ortho intramolecular Hbond substituents is 1. The normalized spacial score (nSPS) is 15.5. The molecule has 1 aliphatic heterocycles. The van der Waals surface area contributed by atoms with E-state index in [-0.39, 0.29) is 28.3 Å². The minimum absolute atomic E-state index is 0.0461. The van der Waals surface area contributed by atoms with Gasteiger partial charge in [-0.05, 0) is 47.2 Å². The first-order valence-electron chi connectivity index (χ1n) is 9.25. The average Bonchev–Trinajstić information content (AvgIpc) is 2.99. The van der Waals surface area contributed by atoms with Crippen LogP contribution in [0, 0.1) is 0 Å². The van der Waals surface area contributed by atoms with Gasteiger partial charge in [-0.25, -0.2) is 0 Å². The second-order valence-corrected chi connectivity index (χ2v) is 7.53. The molecule has 1 aliphatic rings. The fraction of sp³-hybridized carbons (Fsp3) is 0.130. The molecule has 2 amide bonds. The van der Waals surface area contributed by atoms with Gasteiger partial charge in [0.25, 0.3) is 11.1 Å². The number of para-hydroxylation sites is 1. The molecule has 1 fully saturated rings. The van der Waals surface area contributed by atoms with E-state index >= 15 is 0 Å². The Kier molecular flexibility index (Phi) is 5.27. The predicted molar refractivity (Wildman–Crippen MR) is 115 cm³/mol. The molecule has 3 aromatic rings. The van der Waals surface area contributed by atoms with E-state index in [1.54, 1.807) is 18.2 Å². The summed E-state index contributed by atoms with van der Waals surface area (Å²) in [5, 5.41) is 12.1. The van der Waals surface area contributed by atoms with E-state index in [9.17, 15) is 14.7 Å². The van der Waals surface area contributed by atoms with E-state index in [4.69, 9.17) is 4.74 Å². The highest BCUT2D eigenvalue weighted by atomic mass is 32.2. The van der Waals surface area contributed by atoms with Gasteiger partial charge < -0.3 is 9.84 Å². The Balaban J connectivity index is 1.63. The number of carbonyl (C=O) groups excluding carboxylic acids is 2. The zero-order valence-electron chi connectivity index (χ0n) is 15.8. The van der Waals surface area contributed by atoms with Gasteiger partial charge in [0.1, 0.15) is 0 Å².